The fourth-order valence-corrected chi connectivity index (χ4v) is 1.41. The van der Waals surface area contributed by atoms with Crippen LogP contribution in [0.3, 0.4) is 0 Å². The van der Waals surface area contributed by atoms with Crippen LogP contribution >= 0.6 is 0 Å². The topological polar surface area (TPSA) is 49.8 Å². The number of carbonyl (C=O) groups is 1. The maximum absolute atomic E-state index is 11.7. The summed E-state index contributed by atoms with van der Waals surface area (Å²) < 4.78 is 5.27. The minimum Gasteiger partial charge on any atom is -0.389 e. The summed E-state index contributed by atoms with van der Waals surface area (Å²) in [5.74, 6) is 0.0423. The first-order valence-electron chi connectivity index (χ1n) is 5.98. The van der Waals surface area contributed by atoms with E-state index in [1.165, 1.54) is 0 Å². The number of aliphatic hydroxyl groups is 1. The van der Waals surface area contributed by atoms with Crippen LogP contribution in [0.2, 0.25) is 0 Å². The molecule has 0 heterocycles. The summed E-state index contributed by atoms with van der Waals surface area (Å²) in [5.41, 5.74) is -0.837. The SMILES string of the molecule is CCCOCCC(=O)N(CC)CC(C)(C)O. The van der Waals surface area contributed by atoms with Crippen molar-refractivity contribution in [2.24, 2.45) is 0 Å². The number of nitrogens with zero attached hydrogens (tertiary/aromatic N) is 1. The molecule has 0 rings (SSSR count). The number of carbonyl (C=O) groups excluding carboxylic acids is 1. The van der Waals surface area contributed by atoms with Gasteiger partial charge in [0, 0.05) is 19.7 Å². The summed E-state index contributed by atoms with van der Waals surface area (Å²) >= 11 is 0. The van der Waals surface area contributed by atoms with Gasteiger partial charge >= 0.3 is 0 Å². The van der Waals surface area contributed by atoms with Gasteiger partial charge in [-0.15, -0.1) is 0 Å². The molecular weight excluding hydrogens is 206 g/mol. The van der Waals surface area contributed by atoms with Crippen molar-refractivity contribution in [3.8, 4) is 0 Å². The van der Waals surface area contributed by atoms with E-state index in [2.05, 4.69) is 0 Å². The zero-order chi connectivity index (χ0) is 12.6. The zero-order valence-electron chi connectivity index (χ0n) is 11.0. The van der Waals surface area contributed by atoms with Gasteiger partial charge in [-0.3, -0.25) is 4.79 Å². The highest BCUT2D eigenvalue weighted by atomic mass is 16.5. The number of hydrogen-bond acceptors (Lipinski definition) is 3. The summed E-state index contributed by atoms with van der Waals surface area (Å²) in [6, 6.07) is 0. The quantitative estimate of drug-likeness (QED) is 0.643. The number of amides is 1. The van der Waals surface area contributed by atoms with Crippen LogP contribution < -0.4 is 0 Å². The van der Waals surface area contributed by atoms with Gasteiger partial charge in [0.05, 0.1) is 18.6 Å². The Balaban J connectivity index is 3.92. The van der Waals surface area contributed by atoms with Crippen molar-refractivity contribution in [1.82, 2.24) is 4.90 Å². The summed E-state index contributed by atoms with van der Waals surface area (Å²) in [6.45, 7) is 9.52. The van der Waals surface area contributed by atoms with E-state index in [4.69, 9.17) is 4.74 Å². The summed E-state index contributed by atoms with van der Waals surface area (Å²) in [6.07, 6.45) is 1.36. The van der Waals surface area contributed by atoms with Crippen molar-refractivity contribution < 1.29 is 14.6 Å². The molecule has 4 heteroatoms. The molecule has 0 aromatic carbocycles. The van der Waals surface area contributed by atoms with E-state index in [0.29, 0.717) is 32.7 Å². The van der Waals surface area contributed by atoms with Crippen molar-refractivity contribution in [2.75, 3.05) is 26.3 Å². The molecule has 0 fully saturated rings. The second kappa shape index (κ2) is 7.63. The lowest BCUT2D eigenvalue weighted by molar-refractivity contribution is -0.135. The fraction of sp³-hybridized carbons (Fsp3) is 0.917. The van der Waals surface area contributed by atoms with E-state index < -0.39 is 5.60 Å². The molecule has 0 radical (unpaired) electrons. The molecule has 0 atom stereocenters. The molecule has 0 aliphatic rings. The maximum Gasteiger partial charge on any atom is 0.224 e. The molecule has 0 saturated carbocycles. The molecule has 1 amide bonds. The Kier molecular flexibility index (Phi) is 7.34. The van der Waals surface area contributed by atoms with E-state index in [0.717, 1.165) is 6.42 Å². The van der Waals surface area contributed by atoms with E-state index in [1.807, 2.05) is 13.8 Å². The van der Waals surface area contributed by atoms with Crippen molar-refractivity contribution in [1.29, 1.82) is 0 Å². The Bertz CT molecular complexity index is 199. The van der Waals surface area contributed by atoms with Crippen molar-refractivity contribution >= 4 is 5.91 Å². The van der Waals surface area contributed by atoms with Crippen molar-refractivity contribution in [2.45, 2.75) is 46.1 Å². The lowest BCUT2D eigenvalue weighted by Crippen LogP contribution is -2.42. The summed E-state index contributed by atoms with van der Waals surface area (Å²) in [5, 5.41) is 9.65. The van der Waals surface area contributed by atoms with Crippen LogP contribution in [0, 0.1) is 0 Å². The Hall–Kier alpha value is -0.610. The predicted molar refractivity (Wildman–Crippen MR) is 64.3 cm³/mol. The number of ether oxygens (including phenoxy) is 1. The van der Waals surface area contributed by atoms with Crippen LogP contribution in [0.25, 0.3) is 0 Å². The Morgan fingerprint density at radius 3 is 2.38 bits per heavy atom. The van der Waals surface area contributed by atoms with Crippen LogP contribution in [-0.2, 0) is 9.53 Å². The monoisotopic (exact) mass is 231 g/mol. The Morgan fingerprint density at radius 1 is 1.31 bits per heavy atom. The Morgan fingerprint density at radius 2 is 1.94 bits per heavy atom. The molecular formula is C12H25NO3. The van der Waals surface area contributed by atoms with E-state index in [9.17, 15) is 9.90 Å². The average Bonchev–Trinajstić information content (AvgIpc) is 2.19. The highest BCUT2D eigenvalue weighted by Gasteiger charge is 2.20. The van der Waals surface area contributed by atoms with Crippen LogP contribution in [-0.4, -0.2) is 47.8 Å². The second-order valence-electron chi connectivity index (χ2n) is 4.58. The fourth-order valence-electron chi connectivity index (χ4n) is 1.41. The van der Waals surface area contributed by atoms with Crippen LogP contribution in [0.1, 0.15) is 40.5 Å². The summed E-state index contributed by atoms with van der Waals surface area (Å²) in [4.78, 5) is 13.4. The third-order valence-electron chi connectivity index (χ3n) is 2.12. The first-order valence-corrected chi connectivity index (χ1v) is 5.98. The first-order chi connectivity index (χ1) is 7.40. The van der Waals surface area contributed by atoms with E-state index in [-0.39, 0.29) is 5.91 Å². The van der Waals surface area contributed by atoms with Crippen molar-refractivity contribution in [3.63, 3.8) is 0 Å². The molecule has 0 unspecified atom stereocenters. The highest BCUT2D eigenvalue weighted by molar-refractivity contribution is 5.76. The van der Waals surface area contributed by atoms with Gasteiger partial charge in [0.1, 0.15) is 0 Å². The molecule has 0 saturated heterocycles. The van der Waals surface area contributed by atoms with E-state index >= 15 is 0 Å². The molecule has 0 aliphatic carbocycles. The molecule has 0 bridgehead atoms. The molecule has 1 N–H and O–H groups in total. The molecule has 0 aromatic rings. The smallest absolute Gasteiger partial charge is 0.224 e. The standard InChI is InChI=1S/C12H25NO3/c1-5-8-16-9-7-11(14)13(6-2)10-12(3,4)15/h15H,5-10H2,1-4H3. The van der Waals surface area contributed by atoms with Gasteiger partial charge in [0.15, 0.2) is 0 Å². The van der Waals surface area contributed by atoms with Gasteiger partial charge in [-0.25, -0.2) is 0 Å². The van der Waals surface area contributed by atoms with Gasteiger partial charge in [-0.2, -0.15) is 0 Å². The maximum atomic E-state index is 11.7. The molecule has 0 aliphatic heterocycles. The van der Waals surface area contributed by atoms with Gasteiger partial charge in [-0.1, -0.05) is 6.92 Å². The van der Waals surface area contributed by atoms with Gasteiger partial charge in [-0.05, 0) is 27.2 Å². The number of likely N-dealkylation sites (N-methyl/N-ethyl adjacent to an activating group) is 1. The number of hydrogen-bond donors (Lipinski definition) is 1. The number of rotatable bonds is 8. The lowest BCUT2D eigenvalue weighted by Gasteiger charge is -2.28. The minimum atomic E-state index is -0.837. The van der Waals surface area contributed by atoms with E-state index in [1.54, 1.807) is 18.7 Å². The lowest BCUT2D eigenvalue weighted by atomic mass is 10.1. The third-order valence-corrected chi connectivity index (χ3v) is 2.12. The largest absolute Gasteiger partial charge is 0.389 e. The molecule has 0 spiro atoms. The van der Waals surface area contributed by atoms with Crippen LogP contribution in [0.4, 0.5) is 0 Å². The van der Waals surface area contributed by atoms with Crippen LogP contribution in [0.15, 0.2) is 0 Å². The molecule has 4 nitrogen and oxygen atoms in total. The summed E-state index contributed by atoms with van der Waals surface area (Å²) in [7, 11) is 0. The highest BCUT2D eigenvalue weighted by Crippen LogP contribution is 2.06. The molecule has 0 aromatic heterocycles. The van der Waals surface area contributed by atoms with Gasteiger partial charge < -0.3 is 14.7 Å². The first kappa shape index (κ1) is 15.4. The third kappa shape index (κ3) is 7.65. The molecule has 96 valence electrons. The zero-order valence-corrected chi connectivity index (χ0v) is 11.0. The Labute approximate surface area is 98.6 Å². The van der Waals surface area contributed by atoms with Gasteiger partial charge in [0.25, 0.3) is 0 Å². The second-order valence-corrected chi connectivity index (χ2v) is 4.58. The predicted octanol–water partition coefficient (Wildman–Crippen LogP) is 1.42. The van der Waals surface area contributed by atoms with Crippen LogP contribution in [0.5, 0.6) is 0 Å². The normalized spacial score (nSPS) is 11.6. The average molecular weight is 231 g/mol. The van der Waals surface area contributed by atoms with Gasteiger partial charge in [0.2, 0.25) is 5.91 Å². The molecule has 16 heavy (non-hydrogen) atoms. The van der Waals surface area contributed by atoms with Crippen molar-refractivity contribution in [3.05, 3.63) is 0 Å². The minimum absolute atomic E-state index is 0.0423.